The van der Waals surface area contributed by atoms with Crippen LogP contribution < -0.4 is 11.1 Å². The summed E-state index contributed by atoms with van der Waals surface area (Å²) in [7, 11) is 0. The molecule has 0 aliphatic heterocycles. The van der Waals surface area contributed by atoms with Crippen LogP contribution in [0.15, 0.2) is 24.5 Å². The van der Waals surface area contributed by atoms with E-state index in [1.165, 1.54) is 6.20 Å². The largest absolute Gasteiger partial charge is 0.394 e. The van der Waals surface area contributed by atoms with Crippen molar-refractivity contribution >= 4 is 11.6 Å². The normalized spacial score (nSPS) is 10.3. The molecule has 7 heteroatoms. The molecule has 0 aliphatic carbocycles. The second-order valence-electron chi connectivity index (χ2n) is 4.19. The highest BCUT2D eigenvalue weighted by molar-refractivity contribution is 5.94. The molecular weight excluding hydrogens is 266 g/mol. The van der Waals surface area contributed by atoms with E-state index in [1.807, 2.05) is 0 Å². The van der Waals surface area contributed by atoms with E-state index in [0.29, 0.717) is 5.69 Å². The number of nitrogens with two attached hydrogens (primary N) is 1. The molecule has 1 aromatic carbocycles. The minimum atomic E-state index is -0.967. The smallest absolute Gasteiger partial charge is 0.251 e. The Kier molecular flexibility index (Phi) is 3.88. The van der Waals surface area contributed by atoms with Crippen molar-refractivity contribution in [1.29, 1.82) is 0 Å². The first-order chi connectivity index (χ1) is 9.47. The molecule has 0 saturated heterocycles. The van der Waals surface area contributed by atoms with Crippen molar-refractivity contribution in [3.05, 3.63) is 53.1 Å². The number of aryl methyl sites for hydroxylation is 1. The van der Waals surface area contributed by atoms with E-state index in [0.717, 1.165) is 17.8 Å². The number of rotatable bonds is 3. The maximum atomic E-state index is 13.2. The average Bonchev–Trinajstić information content (AvgIpc) is 2.43. The summed E-state index contributed by atoms with van der Waals surface area (Å²) in [5.41, 5.74) is 5.67. The predicted octanol–water partition coefficient (Wildman–Crippen LogP) is 1.58. The summed E-state index contributed by atoms with van der Waals surface area (Å²) in [6.07, 6.45) is 3.07. The highest BCUT2D eigenvalue weighted by Crippen LogP contribution is 2.17. The molecule has 0 spiro atoms. The van der Waals surface area contributed by atoms with Gasteiger partial charge in [-0.25, -0.2) is 8.78 Å². The predicted molar refractivity (Wildman–Crippen MR) is 68.7 cm³/mol. The number of carbonyl (C=O) groups excluding carboxylic acids is 1. The van der Waals surface area contributed by atoms with Crippen molar-refractivity contribution in [3.63, 3.8) is 0 Å². The fourth-order valence-electron chi connectivity index (χ4n) is 1.50. The van der Waals surface area contributed by atoms with E-state index >= 15 is 0 Å². The van der Waals surface area contributed by atoms with Crippen LogP contribution in [0.3, 0.4) is 0 Å². The number of halogens is 2. The highest BCUT2D eigenvalue weighted by atomic mass is 19.1. The Hall–Kier alpha value is -2.57. The molecule has 1 amide bonds. The van der Waals surface area contributed by atoms with Crippen molar-refractivity contribution < 1.29 is 13.6 Å². The van der Waals surface area contributed by atoms with Gasteiger partial charge in [0.2, 0.25) is 0 Å². The molecule has 0 atom stereocenters. The molecule has 104 valence electrons. The molecule has 2 aromatic rings. The highest BCUT2D eigenvalue weighted by Gasteiger charge is 2.13. The van der Waals surface area contributed by atoms with Gasteiger partial charge in [-0.2, -0.15) is 0 Å². The lowest BCUT2D eigenvalue weighted by Crippen LogP contribution is -2.24. The van der Waals surface area contributed by atoms with Gasteiger partial charge in [0, 0.05) is 11.8 Å². The Morgan fingerprint density at radius 3 is 2.45 bits per heavy atom. The molecule has 0 saturated carbocycles. The molecule has 5 nitrogen and oxygen atoms in total. The van der Waals surface area contributed by atoms with Crippen LogP contribution in [0.2, 0.25) is 0 Å². The standard InChI is InChI=1S/C13H12F2N4O/c1-7-4-18-9(5-17-7)6-19-13(20)8-2-10(14)12(16)11(15)3-8/h2-5H,6,16H2,1H3,(H,19,20). The van der Waals surface area contributed by atoms with Crippen LogP contribution >= 0.6 is 0 Å². The Morgan fingerprint density at radius 2 is 1.90 bits per heavy atom. The average molecular weight is 278 g/mol. The lowest BCUT2D eigenvalue weighted by Gasteiger charge is -2.06. The van der Waals surface area contributed by atoms with E-state index in [9.17, 15) is 13.6 Å². The van der Waals surface area contributed by atoms with Crippen LogP contribution in [0.1, 0.15) is 21.7 Å². The third-order valence-corrected chi connectivity index (χ3v) is 2.61. The fraction of sp³-hybridized carbons (Fsp3) is 0.154. The third-order valence-electron chi connectivity index (χ3n) is 2.61. The summed E-state index contributed by atoms with van der Waals surface area (Å²) in [6, 6.07) is 1.77. The van der Waals surface area contributed by atoms with Crippen LogP contribution in [0.5, 0.6) is 0 Å². The molecule has 0 radical (unpaired) electrons. The van der Waals surface area contributed by atoms with E-state index in [4.69, 9.17) is 5.73 Å². The van der Waals surface area contributed by atoms with Crippen LogP contribution in [-0.2, 0) is 6.54 Å². The molecule has 3 N–H and O–H groups in total. The zero-order valence-corrected chi connectivity index (χ0v) is 10.7. The van der Waals surface area contributed by atoms with Gasteiger partial charge >= 0.3 is 0 Å². The van der Waals surface area contributed by atoms with Gasteiger partial charge < -0.3 is 11.1 Å². The van der Waals surface area contributed by atoms with E-state index in [-0.39, 0.29) is 12.1 Å². The molecule has 20 heavy (non-hydrogen) atoms. The fourth-order valence-corrected chi connectivity index (χ4v) is 1.50. The van der Waals surface area contributed by atoms with E-state index in [1.54, 1.807) is 13.1 Å². The van der Waals surface area contributed by atoms with Gasteiger partial charge in [0.15, 0.2) is 0 Å². The van der Waals surface area contributed by atoms with Gasteiger partial charge in [0.1, 0.15) is 17.3 Å². The molecule has 0 fully saturated rings. The third kappa shape index (κ3) is 3.05. The van der Waals surface area contributed by atoms with Crippen LogP contribution in [-0.4, -0.2) is 15.9 Å². The number of hydrogen-bond acceptors (Lipinski definition) is 4. The quantitative estimate of drug-likeness (QED) is 0.835. The van der Waals surface area contributed by atoms with Crippen molar-refractivity contribution in [2.24, 2.45) is 0 Å². The summed E-state index contributed by atoms with van der Waals surface area (Å²) < 4.78 is 26.5. The van der Waals surface area contributed by atoms with Crippen molar-refractivity contribution in [1.82, 2.24) is 15.3 Å². The number of amides is 1. The molecule has 1 heterocycles. The van der Waals surface area contributed by atoms with Gasteiger partial charge in [-0.05, 0) is 19.1 Å². The monoisotopic (exact) mass is 278 g/mol. The Morgan fingerprint density at radius 1 is 1.25 bits per heavy atom. The molecule has 0 bridgehead atoms. The summed E-state index contributed by atoms with van der Waals surface area (Å²) in [5, 5.41) is 2.49. The maximum Gasteiger partial charge on any atom is 0.251 e. The Labute approximate surface area is 113 Å². The van der Waals surface area contributed by atoms with Crippen LogP contribution in [0.25, 0.3) is 0 Å². The van der Waals surface area contributed by atoms with Crippen molar-refractivity contribution in [3.8, 4) is 0 Å². The van der Waals surface area contributed by atoms with Crippen LogP contribution in [0.4, 0.5) is 14.5 Å². The van der Waals surface area contributed by atoms with Gasteiger partial charge in [0.05, 0.1) is 24.1 Å². The molecule has 2 rings (SSSR count). The number of nitrogen functional groups attached to an aromatic ring is 1. The lowest BCUT2D eigenvalue weighted by atomic mass is 10.1. The van der Waals surface area contributed by atoms with E-state index in [2.05, 4.69) is 15.3 Å². The summed E-state index contributed by atoms with van der Waals surface area (Å²) in [5.74, 6) is -2.55. The zero-order valence-electron chi connectivity index (χ0n) is 10.7. The molecule has 0 aliphatic rings. The topological polar surface area (TPSA) is 80.9 Å². The zero-order chi connectivity index (χ0) is 14.7. The lowest BCUT2D eigenvalue weighted by molar-refractivity contribution is 0.0949. The van der Waals surface area contributed by atoms with Gasteiger partial charge in [-0.1, -0.05) is 0 Å². The second-order valence-corrected chi connectivity index (χ2v) is 4.19. The molecular formula is C13H12F2N4O. The molecule has 0 unspecified atom stereocenters. The Balaban J connectivity index is 2.07. The minimum Gasteiger partial charge on any atom is -0.394 e. The first-order valence-corrected chi connectivity index (χ1v) is 5.77. The number of hydrogen-bond donors (Lipinski definition) is 2. The summed E-state index contributed by atoms with van der Waals surface area (Å²) in [4.78, 5) is 19.8. The Bertz CT molecular complexity index is 620. The summed E-state index contributed by atoms with van der Waals surface area (Å²) in [6.45, 7) is 1.90. The van der Waals surface area contributed by atoms with E-state index < -0.39 is 23.2 Å². The number of nitrogens with one attached hydrogen (secondary N) is 1. The van der Waals surface area contributed by atoms with Crippen molar-refractivity contribution in [2.45, 2.75) is 13.5 Å². The first kappa shape index (κ1) is 13.9. The van der Waals surface area contributed by atoms with Crippen molar-refractivity contribution in [2.75, 3.05) is 5.73 Å². The number of anilines is 1. The van der Waals surface area contributed by atoms with Gasteiger partial charge in [-0.15, -0.1) is 0 Å². The number of nitrogens with zero attached hydrogens (tertiary/aromatic N) is 2. The minimum absolute atomic E-state index is 0.111. The number of carbonyl (C=O) groups is 1. The molecule has 1 aromatic heterocycles. The number of aromatic nitrogens is 2. The van der Waals surface area contributed by atoms with Gasteiger partial charge in [-0.3, -0.25) is 14.8 Å². The summed E-state index contributed by atoms with van der Waals surface area (Å²) >= 11 is 0. The maximum absolute atomic E-state index is 13.2. The van der Waals surface area contributed by atoms with Crippen LogP contribution in [0, 0.1) is 18.6 Å². The first-order valence-electron chi connectivity index (χ1n) is 5.77. The van der Waals surface area contributed by atoms with Gasteiger partial charge in [0.25, 0.3) is 5.91 Å². The second kappa shape index (κ2) is 5.60. The number of benzene rings is 1. The SMILES string of the molecule is Cc1cnc(CNC(=O)c2cc(F)c(N)c(F)c2)cn1.